The Morgan fingerprint density at radius 2 is 1.64 bits per heavy atom. The van der Waals surface area contributed by atoms with Crippen LogP contribution < -0.4 is 10.6 Å². The van der Waals surface area contributed by atoms with Crippen molar-refractivity contribution in [1.82, 2.24) is 15.5 Å². The molecule has 1 saturated carbocycles. The van der Waals surface area contributed by atoms with Crippen LogP contribution in [0.2, 0.25) is 0 Å². The van der Waals surface area contributed by atoms with Crippen LogP contribution in [0.3, 0.4) is 0 Å². The highest BCUT2D eigenvalue weighted by atomic mass is 32.2. The van der Waals surface area contributed by atoms with Crippen molar-refractivity contribution < 1.29 is 13.2 Å². The number of benzene rings is 2. The summed E-state index contributed by atoms with van der Waals surface area (Å²) in [5.74, 6) is 0.810. The molecular weight excluding hydrogens is 508 g/mol. The van der Waals surface area contributed by atoms with E-state index in [0.717, 1.165) is 54.6 Å². The minimum Gasteiger partial charge on any atom is -0.369 e. The fourth-order valence-corrected chi connectivity index (χ4v) is 7.74. The van der Waals surface area contributed by atoms with E-state index in [1.54, 1.807) is 42.5 Å². The number of rotatable bonds is 6. The third-order valence-corrected chi connectivity index (χ3v) is 10.5. The van der Waals surface area contributed by atoms with Crippen molar-refractivity contribution >= 4 is 21.6 Å². The van der Waals surface area contributed by atoms with Crippen molar-refractivity contribution in [2.45, 2.75) is 92.9 Å². The molecule has 0 radical (unpaired) electrons. The summed E-state index contributed by atoms with van der Waals surface area (Å²) in [6.07, 6.45) is 13.2. The molecule has 1 aliphatic carbocycles. The van der Waals surface area contributed by atoms with Gasteiger partial charge in [0.2, 0.25) is 15.7 Å². The number of aryl methyl sites for hydroxylation is 1. The van der Waals surface area contributed by atoms with Gasteiger partial charge in [-0.2, -0.15) is 5.10 Å². The van der Waals surface area contributed by atoms with Crippen molar-refractivity contribution in [2.75, 3.05) is 11.9 Å². The van der Waals surface area contributed by atoms with E-state index in [0.29, 0.717) is 18.0 Å². The number of H-pyrrole nitrogens is 1. The van der Waals surface area contributed by atoms with Gasteiger partial charge in [0.15, 0.2) is 0 Å². The van der Waals surface area contributed by atoms with Crippen molar-refractivity contribution in [2.24, 2.45) is 5.92 Å². The van der Waals surface area contributed by atoms with Crippen LogP contribution in [0.25, 0.3) is 0 Å². The zero-order valence-corrected chi connectivity index (χ0v) is 23.7. The Balaban J connectivity index is 1.30. The van der Waals surface area contributed by atoms with Gasteiger partial charge in [-0.1, -0.05) is 76.1 Å². The van der Waals surface area contributed by atoms with Gasteiger partial charge in [-0.05, 0) is 54.7 Å². The van der Waals surface area contributed by atoms with Gasteiger partial charge in [0.05, 0.1) is 21.9 Å². The number of fused-ring (bicyclic) bond motifs is 2. The predicted molar refractivity (Wildman–Crippen MR) is 153 cm³/mol. The van der Waals surface area contributed by atoms with E-state index in [9.17, 15) is 13.2 Å². The molecule has 1 amide bonds. The SMILES string of the molecule is CCc1cccc(S(=O)(=O)c2ccc(CNC(=O)C3CNc4[nH]ncc4C34CCCCCCCCC4)cc2)c1. The minimum atomic E-state index is -3.59. The lowest BCUT2D eigenvalue weighted by atomic mass is 9.62. The minimum absolute atomic E-state index is 0.0412. The average molecular weight is 549 g/mol. The Hall–Kier alpha value is -3.13. The fourth-order valence-electron chi connectivity index (χ4n) is 6.40. The number of hydrogen-bond donors (Lipinski definition) is 3. The quantitative estimate of drug-likeness (QED) is 0.354. The normalized spacial score (nSPS) is 19.6. The van der Waals surface area contributed by atoms with Crippen molar-refractivity contribution in [3.63, 3.8) is 0 Å². The number of hydrogen-bond acceptors (Lipinski definition) is 5. The molecule has 2 aromatic carbocycles. The summed E-state index contributed by atoms with van der Waals surface area (Å²) < 4.78 is 26.3. The first-order valence-electron chi connectivity index (χ1n) is 14.4. The largest absolute Gasteiger partial charge is 0.369 e. The summed E-state index contributed by atoms with van der Waals surface area (Å²) in [6, 6.07) is 14.0. The Labute approximate surface area is 232 Å². The molecule has 2 heterocycles. The number of amides is 1. The highest BCUT2D eigenvalue weighted by Gasteiger charge is 2.48. The monoisotopic (exact) mass is 548 g/mol. The van der Waals surface area contributed by atoms with Crippen LogP contribution in [0.15, 0.2) is 64.5 Å². The van der Waals surface area contributed by atoms with Gasteiger partial charge >= 0.3 is 0 Å². The van der Waals surface area contributed by atoms with Gasteiger partial charge in [-0.3, -0.25) is 9.89 Å². The van der Waals surface area contributed by atoms with E-state index in [1.807, 2.05) is 19.2 Å². The summed E-state index contributed by atoms with van der Waals surface area (Å²) in [5, 5.41) is 14.0. The Bertz CT molecular complexity index is 1370. The third kappa shape index (κ3) is 5.76. The second-order valence-corrected chi connectivity index (χ2v) is 13.0. The number of aromatic amines is 1. The van der Waals surface area contributed by atoms with Crippen molar-refractivity contribution in [3.8, 4) is 0 Å². The molecule has 1 atom stereocenters. The van der Waals surface area contributed by atoms with Crippen LogP contribution >= 0.6 is 0 Å². The van der Waals surface area contributed by atoms with E-state index in [1.165, 1.54) is 32.1 Å². The molecule has 1 spiro atoms. The summed E-state index contributed by atoms with van der Waals surface area (Å²) >= 11 is 0. The molecule has 3 aromatic rings. The average Bonchev–Trinajstić information content (AvgIpc) is 3.46. The third-order valence-electron chi connectivity index (χ3n) is 8.71. The number of sulfone groups is 1. The molecule has 0 bridgehead atoms. The number of anilines is 1. The molecule has 3 N–H and O–H groups in total. The topological polar surface area (TPSA) is 104 Å². The second kappa shape index (κ2) is 11.9. The summed E-state index contributed by atoms with van der Waals surface area (Å²) in [6.45, 7) is 2.94. The van der Waals surface area contributed by atoms with Crippen LogP contribution in [0.1, 0.15) is 81.4 Å². The number of carbonyl (C=O) groups is 1. The lowest BCUT2D eigenvalue weighted by Gasteiger charge is -2.44. The molecule has 5 rings (SSSR count). The molecule has 208 valence electrons. The van der Waals surface area contributed by atoms with Crippen LogP contribution in [-0.4, -0.2) is 31.1 Å². The Kier molecular flexibility index (Phi) is 8.40. The molecule has 1 unspecified atom stereocenters. The van der Waals surface area contributed by atoms with Crippen molar-refractivity contribution in [3.05, 3.63) is 71.4 Å². The number of aromatic nitrogens is 2. The van der Waals surface area contributed by atoms with Gasteiger partial charge in [-0.15, -0.1) is 0 Å². The number of carbonyl (C=O) groups excluding carboxylic acids is 1. The zero-order chi connectivity index (χ0) is 27.3. The maximum absolute atomic E-state index is 13.7. The van der Waals surface area contributed by atoms with Gasteiger partial charge in [0, 0.05) is 24.1 Å². The van der Waals surface area contributed by atoms with E-state index < -0.39 is 9.84 Å². The Morgan fingerprint density at radius 1 is 0.949 bits per heavy atom. The Morgan fingerprint density at radius 3 is 2.33 bits per heavy atom. The number of nitrogens with zero attached hydrogens (tertiary/aromatic N) is 1. The molecule has 2 aliphatic rings. The summed E-state index contributed by atoms with van der Waals surface area (Å²) in [4.78, 5) is 14.3. The first kappa shape index (κ1) is 27.4. The standard InChI is InChI=1S/C31H40N4O3S/c1-2-23-11-10-12-26(19-23)39(37,38)25-15-13-24(14-16-25)20-33-30(36)28-21-32-29-27(22-34-35-29)31(28)17-8-6-4-3-5-7-9-18-31/h10-16,19,22,28H,2-9,17-18,20-21H2,1H3,(H,33,36)(H2,32,34,35). The molecule has 1 aromatic heterocycles. The zero-order valence-electron chi connectivity index (χ0n) is 22.8. The first-order valence-corrected chi connectivity index (χ1v) is 15.9. The summed E-state index contributed by atoms with van der Waals surface area (Å²) in [7, 11) is -3.59. The van der Waals surface area contributed by atoms with Crippen LogP contribution in [0.5, 0.6) is 0 Å². The van der Waals surface area contributed by atoms with Crippen molar-refractivity contribution in [1.29, 1.82) is 0 Å². The predicted octanol–water partition coefficient (Wildman–Crippen LogP) is 5.93. The molecule has 7 nitrogen and oxygen atoms in total. The maximum atomic E-state index is 13.7. The van der Waals surface area contributed by atoms with E-state index in [4.69, 9.17) is 0 Å². The molecule has 1 fully saturated rings. The highest BCUT2D eigenvalue weighted by Crippen LogP contribution is 2.48. The molecule has 1 aliphatic heterocycles. The van der Waals surface area contributed by atoms with Gasteiger partial charge in [0.25, 0.3) is 0 Å². The highest BCUT2D eigenvalue weighted by molar-refractivity contribution is 7.91. The number of nitrogens with one attached hydrogen (secondary N) is 3. The lowest BCUT2D eigenvalue weighted by Crippen LogP contribution is -2.50. The van der Waals surface area contributed by atoms with Crippen LogP contribution in [-0.2, 0) is 33.0 Å². The van der Waals surface area contributed by atoms with Gasteiger partial charge in [0.1, 0.15) is 5.82 Å². The fraction of sp³-hybridized carbons (Fsp3) is 0.484. The van der Waals surface area contributed by atoms with Gasteiger partial charge < -0.3 is 10.6 Å². The molecular formula is C31H40N4O3S. The maximum Gasteiger partial charge on any atom is 0.226 e. The molecule has 39 heavy (non-hydrogen) atoms. The molecule has 0 saturated heterocycles. The van der Waals surface area contributed by atoms with Gasteiger partial charge in [-0.25, -0.2) is 8.42 Å². The summed E-state index contributed by atoms with van der Waals surface area (Å²) in [5.41, 5.74) is 2.79. The lowest BCUT2D eigenvalue weighted by molar-refractivity contribution is -0.127. The smallest absolute Gasteiger partial charge is 0.226 e. The van der Waals surface area contributed by atoms with E-state index >= 15 is 0 Å². The van der Waals surface area contributed by atoms with Crippen LogP contribution in [0, 0.1) is 5.92 Å². The second-order valence-electron chi connectivity index (χ2n) is 11.1. The van der Waals surface area contributed by atoms with E-state index in [-0.39, 0.29) is 22.1 Å². The van der Waals surface area contributed by atoms with Crippen LogP contribution in [0.4, 0.5) is 5.82 Å². The van der Waals surface area contributed by atoms with E-state index in [2.05, 4.69) is 20.8 Å². The first-order chi connectivity index (χ1) is 18.9. The molecule has 8 heteroatoms.